The van der Waals surface area contributed by atoms with Gasteiger partial charge < -0.3 is 10.1 Å². The van der Waals surface area contributed by atoms with E-state index >= 15 is 0 Å². The van der Waals surface area contributed by atoms with Crippen LogP contribution in [0.1, 0.15) is 68.9 Å². The highest BCUT2D eigenvalue weighted by Crippen LogP contribution is 2.55. The smallest absolute Gasteiger partial charge is 0.251 e. The van der Waals surface area contributed by atoms with Crippen LogP contribution in [0, 0.1) is 28.0 Å². The molecule has 1 aliphatic rings. The van der Waals surface area contributed by atoms with E-state index in [2.05, 4.69) is 19.2 Å². The van der Waals surface area contributed by atoms with Crippen LogP contribution in [0.2, 0.25) is 0 Å². The summed E-state index contributed by atoms with van der Waals surface area (Å²) < 4.78 is 20.1. The molecule has 0 radical (unpaired) electrons. The fourth-order valence-electron chi connectivity index (χ4n) is 4.83. The molecule has 0 aromatic heterocycles. The Morgan fingerprint density at radius 2 is 1.70 bits per heavy atom. The van der Waals surface area contributed by atoms with Crippen LogP contribution in [-0.4, -0.2) is 18.1 Å². The van der Waals surface area contributed by atoms with Gasteiger partial charge in [0.15, 0.2) is 0 Å². The third-order valence-electron chi connectivity index (χ3n) is 6.27. The number of carbonyl (C=O) groups is 1. The van der Waals surface area contributed by atoms with Gasteiger partial charge in [-0.15, -0.1) is 0 Å². The zero-order valence-electron chi connectivity index (χ0n) is 18.4. The lowest BCUT2D eigenvalue weighted by molar-refractivity contribution is -0.164. The highest BCUT2D eigenvalue weighted by Gasteiger charge is 2.64. The quantitative estimate of drug-likeness (QED) is 0.717. The van der Waals surface area contributed by atoms with Crippen molar-refractivity contribution in [3.63, 3.8) is 0 Å². The van der Waals surface area contributed by atoms with E-state index in [-0.39, 0.29) is 34.4 Å². The molecule has 0 unspecified atom stereocenters. The summed E-state index contributed by atoms with van der Waals surface area (Å²) >= 11 is 0. The van der Waals surface area contributed by atoms with Crippen molar-refractivity contribution in [3.05, 3.63) is 65.0 Å². The monoisotopic (exact) mass is 408 g/mol. The summed E-state index contributed by atoms with van der Waals surface area (Å²) in [5.41, 5.74) is 1.09. The van der Waals surface area contributed by atoms with Gasteiger partial charge in [-0.2, -0.15) is 5.26 Å². The first kappa shape index (κ1) is 21.8. The molecule has 3 rings (SSSR count). The maximum atomic E-state index is 14.0. The molecule has 30 heavy (non-hydrogen) atoms. The number of nitrogens with one attached hydrogen (secondary N) is 1. The second-order valence-corrected chi connectivity index (χ2v) is 9.58. The van der Waals surface area contributed by atoms with Crippen molar-refractivity contribution in [2.24, 2.45) is 10.8 Å². The van der Waals surface area contributed by atoms with Crippen molar-refractivity contribution in [1.29, 1.82) is 5.26 Å². The molecule has 0 bridgehead atoms. The van der Waals surface area contributed by atoms with Crippen LogP contribution < -0.4 is 10.1 Å². The summed E-state index contributed by atoms with van der Waals surface area (Å²) in [4.78, 5) is 12.9. The maximum absolute atomic E-state index is 14.0. The molecule has 0 spiro atoms. The van der Waals surface area contributed by atoms with Gasteiger partial charge in [-0.25, -0.2) is 4.39 Å². The molecule has 0 heterocycles. The summed E-state index contributed by atoms with van der Waals surface area (Å²) in [6, 6.07) is 13.7. The SMILES string of the molecule is CC(C)c1ccc(C(=O)N[C@H]2C(C)(C)[C@H](Oc3ccc(C#N)c(F)c3)C2(C)C)cc1. The molecule has 1 N–H and O–H groups in total. The minimum absolute atomic E-state index is 0.0110. The van der Waals surface area contributed by atoms with E-state index in [9.17, 15) is 9.18 Å². The highest BCUT2D eigenvalue weighted by atomic mass is 19.1. The molecule has 0 aliphatic heterocycles. The fourth-order valence-corrected chi connectivity index (χ4v) is 4.83. The number of carbonyl (C=O) groups excluding carboxylic acids is 1. The van der Waals surface area contributed by atoms with Gasteiger partial charge >= 0.3 is 0 Å². The van der Waals surface area contributed by atoms with Gasteiger partial charge in [-0.05, 0) is 35.7 Å². The predicted molar refractivity (Wildman–Crippen MR) is 115 cm³/mol. The van der Waals surface area contributed by atoms with Crippen LogP contribution in [0.25, 0.3) is 0 Å². The van der Waals surface area contributed by atoms with Crippen LogP contribution >= 0.6 is 0 Å². The van der Waals surface area contributed by atoms with Gasteiger partial charge in [-0.3, -0.25) is 4.79 Å². The molecule has 1 fully saturated rings. The van der Waals surface area contributed by atoms with E-state index < -0.39 is 5.82 Å². The van der Waals surface area contributed by atoms with E-state index in [1.807, 2.05) is 58.0 Å². The standard InChI is InChI=1S/C25H29FN2O2/c1-15(2)16-7-9-17(10-8-16)21(29)28-22-24(3,4)23(25(22,5)6)30-19-12-11-18(14-27)20(26)13-19/h7-13,15,22-23H,1-6H3,(H,28,29)/t22-,23-. The Kier molecular flexibility index (Phi) is 5.64. The average Bonchev–Trinajstić information content (AvgIpc) is 2.69. The topological polar surface area (TPSA) is 62.1 Å². The van der Waals surface area contributed by atoms with E-state index in [1.165, 1.54) is 17.7 Å². The van der Waals surface area contributed by atoms with E-state index in [0.29, 0.717) is 17.2 Å². The second-order valence-electron chi connectivity index (χ2n) is 9.58. The molecular weight excluding hydrogens is 379 g/mol. The van der Waals surface area contributed by atoms with Crippen molar-refractivity contribution >= 4 is 5.91 Å². The number of halogens is 1. The van der Waals surface area contributed by atoms with Gasteiger partial charge in [0.05, 0.1) is 5.56 Å². The number of benzene rings is 2. The summed E-state index contributed by atoms with van der Waals surface area (Å²) in [7, 11) is 0. The van der Waals surface area contributed by atoms with Crippen molar-refractivity contribution in [2.45, 2.75) is 59.6 Å². The highest BCUT2D eigenvalue weighted by molar-refractivity contribution is 5.94. The number of ether oxygens (including phenoxy) is 1. The molecular formula is C25H29FN2O2. The minimum Gasteiger partial charge on any atom is -0.489 e. The van der Waals surface area contributed by atoms with Crippen molar-refractivity contribution in [2.75, 3.05) is 0 Å². The van der Waals surface area contributed by atoms with Crippen molar-refractivity contribution in [1.82, 2.24) is 5.32 Å². The lowest BCUT2D eigenvalue weighted by atomic mass is 9.49. The molecule has 5 heteroatoms. The molecule has 1 saturated carbocycles. The molecule has 158 valence electrons. The Balaban J connectivity index is 1.74. The van der Waals surface area contributed by atoms with Crippen LogP contribution in [0.15, 0.2) is 42.5 Å². The molecule has 1 aliphatic carbocycles. The molecule has 4 nitrogen and oxygen atoms in total. The van der Waals surface area contributed by atoms with E-state index in [4.69, 9.17) is 10.00 Å². The first-order valence-electron chi connectivity index (χ1n) is 10.3. The number of hydrogen-bond donors (Lipinski definition) is 1. The number of amides is 1. The zero-order valence-corrected chi connectivity index (χ0v) is 18.4. The first-order chi connectivity index (χ1) is 14.0. The van der Waals surface area contributed by atoms with Gasteiger partial charge in [-0.1, -0.05) is 53.7 Å². The van der Waals surface area contributed by atoms with E-state index in [1.54, 1.807) is 6.07 Å². The third-order valence-corrected chi connectivity index (χ3v) is 6.27. The van der Waals surface area contributed by atoms with Crippen molar-refractivity contribution in [3.8, 4) is 11.8 Å². The maximum Gasteiger partial charge on any atom is 0.251 e. The fraction of sp³-hybridized carbons (Fsp3) is 0.440. The molecule has 1 amide bonds. The number of rotatable bonds is 5. The molecule has 0 atom stereocenters. The van der Waals surface area contributed by atoms with Crippen LogP contribution in [-0.2, 0) is 0 Å². The van der Waals surface area contributed by atoms with Crippen LogP contribution in [0.3, 0.4) is 0 Å². The summed E-state index contributed by atoms with van der Waals surface area (Å²) in [5, 5.41) is 12.1. The summed E-state index contributed by atoms with van der Waals surface area (Å²) in [6.07, 6.45) is -0.231. The van der Waals surface area contributed by atoms with Gasteiger partial charge in [0.2, 0.25) is 0 Å². The van der Waals surface area contributed by atoms with Gasteiger partial charge in [0, 0.05) is 28.5 Å². The van der Waals surface area contributed by atoms with Crippen LogP contribution in [0.4, 0.5) is 4.39 Å². The summed E-state index contributed by atoms with van der Waals surface area (Å²) in [6.45, 7) is 12.4. The lowest BCUT2D eigenvalue weighted by Gasteiger charge is -2.63. The summed E-state index contributed by atoms with van der Waals surface area (Å²) in [5.74, 6) is 0.0854. The number of hydrogen-bond acceptors (Lipinski definition) is 3. The second kappa shape index (κ2) is 7.75. The van der Waals surface area contributed by atoms with E-state index in [0.717, 1.165) is 0 Å². The minimum atomic E-state index is -0.598. The van der Waals surface area contributed by atoms with Gasteiger partial charge in [0.25, 0.3) is 5.91 Å². The number of nitriles is 1. The predicted octanol–water partition coefficient (Wildman–Crippen LogP) is 5.43. The molecule has 2 aromatic carbocycles. The lowest BCUT2D eigenvalue weighted by Crippen LogP contribution is -2.74. The molecule has 2 aromatic rings. The Labute approximate surface area is 178 Å². The van der Waals surface area contributed by atoms with Gasteiger partial charge in [0.1, 0.15) is 23.7 Å². The number of nitrogens with zero attached hydrogens (tertiary/aromatic N) is 1. The first-order valence-corrected chi connectivity index (χ1v) is 10.3. The normalized spacial score (nSPS) is 21.4. The largest absolute Gasteiger partial charge is 0.489 e. The Morgan fingerprint density at radius 1 is 1.10 bits per heavy atom. The molecule has 0 saturated heterocycles. The zero-order chi connectivity index (χ0) is 22.3. The van der Waals surface area contributed by atoms with Crippen LogP contribution in [0.5, 0.6) is 5.75 Å². The third kappa shape index (κ3) is 3.79. The Hall–Kier alpha value is -2.87. The average molecular weight is 409 g/mol. The Bertz CT molecular complexity index is 971. The Morgan fingerprint density at radius 3 is 2.20 bits per heavy atom. The van der Waals surface area contributed by atoms with Crippen molar-refractivity contribution < 1.29 is 13.9 Å².